The Bertz CT molecular complexity index is 1210. The third-order valence-corrected chi connectivity index (χ3v) is 8.36. The van der Waals surface area contributed by atoms with Crippen molar-refractivity contribution in [3.8, 4) is 0 Å². The van der Waals surface area contributed by atoms with E-state index in [0.717, 1.165) is 52.9 Å². The van der Waals surface area contributed by atoms with Gasteiger partial charge in [0, 0.05) is 12.6 Å². The van der Waals surface area contributed by atoms with Gasteiger partial charge in [0.15, 0.2) is 0 Å². The van der Waals surface area contributed by atoms with Gasteiger partial charge in [0.1, 0.15) is 12.6 Å². The van der Waals surface area contributed by atoms with Crippen LogP contribution in [0, 0.1) is 6.92 Å². The fraction of sp³-hybridized carbons (Fsp3) is 0.533. The molecule has 0 bridgehead atoms. The lowest BCUT2D eigenvalue weighted by atomic mass is 9.87. The van der Waals surface area contributed by atoms with Crippen LogP contribution in [0.5, 0.6) is 0 Å². The maximum Gasteiger partial charge on any atom is 0.244 e. The minimum Gasteiger partial charge on any atom is -0.352 e. The summed E-state index contributed by atoms with van der Waals surface area (Å²) in [5.41, 5.74) is 3.35. The number of aryl methyl sites for hydroxylation is 1. The number of anilines is 1. The van der Waals surface area contributed by atoms with Crippen LogP contribution in [0.4, 0.5) is 5.69 Å². The molecule has 8 heteroatoms. The van der Waals surface area contributed by atoms with Gasteiger partial charge in [0.05, 0.1) is 11.9 Å². The van der Waals surface area contributed by atoms with E-state index in [-0.39, 0.29) is 30.5 Å². The van der Waals surface area contributed by atoms with Crippen molar-refractivity contribution in [2.45, 2.75) is 90.8 Å². The lowest BCUT2D eigenvalue weighted by Crippen LogP contribution is -2.53. The standard InChI is InChI=1S/C30H43N3O4S/c1-7-27(29(35)31-25-13-8-9-14-25)32(20-23-12-10-11-22(2)19-23)28(34)21-33(38(6,36)37)26-17-15-24(16-18-26)30(3,4)5/h10-12,15-19,25,27H,7-9,13-14,20-21H2,1-6H3,(H,31,35)/t27-/m0/s1. The zero-order valence-electron chi connectivity index (χ0n) is 23.7. The maximum absolute atomic E-state index is 13.9. The summed E-state index contributed by atoms with van der Waals surface area (Å²) in [6.45, 7) is 9.96. The molecule has 1 aliphatic rings. The zero-order valence-corrected chi connectivity index (χ0v) is 24.5. The van der Waals surface area contributed by atoms with E-state index in [4.69, 9.17) is 0 Å². The van der Waals surface area contributed by atoms with Crippen LogP contribution in [0.25, 0.3) is 0 Å². The molecule has 1 N–H and O–H groups in total. The molecule has 0 saturated heterocycles. The molecule has 1 aliphatic carbocycles. The molecule has 0 unspecified atom stereocenters. The summed E-state index contributed by atoms with van der Waals surface area (Å²) < 4.78 is 26.8. The molecule has 38 heavy (non-hydrogen) atoms. The Morgan fingerprint density at radius 3 is 2.21 bits per heavy atom. The largest absolute Gasteiger partial charge is 0.352 e. The number of rotatable bonds is 10. The van der Waals surface area contributed by atoms with Gasteiger partial charge >= 0.3 is 0 Å². The highest BCUT2D eigenvalue weighted by atomic mass is 32.2. The number of nitrogens with one attached hydrogen (secondary N) is 1. The van der Waals surface area contributed by atoms with Crippen LogP contribution in [-0.4, -0.2) is 50.0 Å². The van der Waals surface area contributed by atoms with Crippen molar-refractivity contribution in [3.05, 3.63) is 65.2 Å². The molecule has 1 fully saturated rings. The number of hydrogen-bond acceptors (Lipinski definition) is 4. The van der Waals surface area contributed by atoms with E-state index < -0.39 is 22.0 Å². The van der Waals surface area contributed by atoms with Gasteiger partial charge in [-0.1, -0.05) is 82.5 Å². The van der Waals surface area contributed by atoms with Crippen LogP contribution < -0.4 is 9.62 Å². The molecule has 208 valence electrons. The first-order chi connectivity index (χ1) is 17.8. The topological polar surface area (TPSA) is 86.8 Å². The van der Waals surface area contributed by atoms with Gasteiger partial charge in [-0.15, -0.1) is 0 Å². The Morgan fingerprint density at radius 1 is 1.05 bits per heavy atom. The molecule has 0 aliphatic heterocycles. The predicted molar refractivity (Wildman–Crippen MR) is 154 cm³/mol. The molecule has 1 atom stereocenters. The van der Waals surface area contributed by atoms with Crippen molar-refractivity contribution in [1.29, 1.82) is 0 Å². The average molecular weight is 542 g/mol. The van der Waals surface area contributed by atoms with Gasteiger partial charge in [-0.2, -0.15) is 0 Å². The summed E-state index contributed by atoms with van der Waals surface area (Å²) in [5.74, 6) is -0.592. The summed E-state index contributed by atoms with van der Waals surface area (Å²) in [5, 5.41) is 3.13. The van der Waals surface area contributed by atoms with Crippen LogP contribution >= 0.6 is 0 Å². The Kier molecular flexibility index (Phi) is 9.63. The van der Waals surface area contributed by atoms with Crippen LogP contribution in [0.15, 0.2) is 48.5 Å². The number of sulfonamides is 1. The van der Waals surface area contributed by atoms with Crippen LogP contribution in [0.3, 0.4) is 0 Å². The summed E-state index contributed by atoms with van der Waals surface area (Å²) in [6, 6.07) is 14.5. The molecule has 0 aromatic heterocycles. The van der Waals surface area contributed by atoms with E-state index in [9.17, 15) is 18.0 Å². The smallest absolute Gasteiger partial charge is 0.244 e. The molecule has 3 rings (SSSR count). The monoisotopic (exact) mass is 541 g/mol. The van der Waals surface area contributed by atoms with Crippen molar-refractivity contribution in [1.82, 2.24) is 10.2 Å². The highest BCUT2D eigenvalue weighted by Gasteiger charge is 2.33. The second kappa shape index (κ2) is 12.3. The van der Waals surface area contributed by atoms with Gasteiger partial charge in [0.25, 0.3) is 0 Å². The van der Waals surface area contributed by atoms with Crippen molar-refractivity contribution in [3.63, 3.8) is 0 Å². The van der Waals surface area contributed by atoms with Crippen molar-refractivity contribution in [2.75, 3.05) is 17.1 Å². The lowest BCUT2D eigenvalue weighted by Gasteiger charge is -2.33. The van der Waals surface area contributed by atoms with E-state index in [1.54, 1.807) is 17.0 Å². The summed E-state index contributed by atoms with van der Waals surface area (Å²) >= 11 is 0. The molecule has 0 radical (unpaired) electrons. The zero-order chi connectivity index (χ0) is 28.1. The quantitative estimate of drug-likeness (QED) is 0.462. The summed E-state index contributed by atoms with van der Waals surface area (Å²) in [4.78, 5) is 28.8. The van der Waals surface area contributed by atoms with E-state index in [2.05, 4.69) is 26.1 Å². The van der Waals surface area contributed by atoms with Gasteiger partial charge in [-0.25, -0.2) is 8.42 Å². The second-order valence-corrected chi connectivity index (χ2v) is 13.4. The highest BCUT2D eigenvalue weighted by molar-refractivity contribution is 7.92. The average Bonchev–Trinajstić information content (AvgIpc) is 3.34. The molecule has 0 spiro atoms. The van der Waals surface area contributed by atoms with Crippen molar-refractivity contribution < 1.29 is 18.0 Å². The third-order valence-electron chi connectivity index (χ3n) is 7.22. The number of benzene rings is 2. The fourth-order valence-electron chi connectivity index (χ4n) is 5.04. The van der Waals surface area contributed by atoms with Crippen LogP contribution in [0.2, 0.25) is 0 Å². The fourth-order valence-corrected chi connectivity index (χ4v) is 5.89. The minimum atomic E-state index is -3.76. The molecule has 2 aromatic carbocycles. The molecule has 1 saturated carbocycles. The minimum absolute atomic E-state index is 0.0874. The highest BCUT2D eigenvalue weighted by Crippen LogP contribution is 2.26. The van der Waals surface area contributed by atoms with Gasteiger partial charge < -0.3 is 10.2 Å². The number of carbonyl (C=O) groups excluding carboxylic acids is 2. The Labute approximate surface area is 228 Å². The van der Waals surface area contributed by atoms with E-state index in [0.29, 0.717) is 12.1 Å². The van der Waals surface area contributed by atoms with Gasteiger partial charge in [0.2, 0.25) is 21.8 Å². The molecular formula is C30H43N3O4S. The van der Waals surface area contributed by atoms with E-state index in [1.807, 2.05) is 50.2 Å². The summed E-state index contributed by atoms with van der Waals surface area (Å²) in [7, 11) is -3.76. The first-order valence-corrected chi connectivity index (χ1v) is 15.4. The Balaban J connectivity index is 1.92. The van der Waals surface area contributed by atoms with E-state index >= 15 is 0 Å². The number of nitrogens with zero attached hydrogens (tertiary/aromatic N) is 2. The third kappa shape index (κ3) is 7.82. The Morgan fingerprint density at radius 2 is 1.68 bits per heavy atom. The Hall–Kier alpha value is -2.87. The number of amides is 2. The van der Waals surface area contributed by atoms with Crippen molar-refractivity contribution in [2.24, 2.45) is 0 Å². The first kappa shape index (κ1) is 29.7. The van der Waals surface area contributed by atoms with Crippen LogP contribution in [0.1, 0.15) is 76.5 Å². The predicted octanol–water partition coefficient (Wildman–Crippen LogP) is 4.92. The first-order valence-electron chi connectivity index (χ1n) is 13.5. The van der Waals surface area contributed by atoms with Gasteiger partial charge in [-0.05, 0) is 54.9 Å². The molecule has 7 nitrogen and oxygen atoms in total. The van der Waals surface area contributed by atoms with E-state index in [1.165, 1.54) is 0 Å². The normalized spacial score (nSPS) is 15.2. The molecule has 0 heterocycles. The second-order valence-electron chi connectivity index (χ2n) is 11.5. The van der Waals surface area contributed by atoms with Crippen LogP contribution in [-0.2, 0) is 31.6 Å². The molecular weight excluding hydrogens is 498 g/mol. The lowest BCUT2D eigenvalue weighted by molar-refractivity contribution is -0.140. The molecule has 2 aromatic rings. The van der Waals surface area contributed by atoms with Gasteiger partial charge in [-0.3, -0.25) is 13.9 Å². The number of hydrogen-bond donors (Lipinski definition) is 1. The maximum atomic E-state index is 13.9. The molecule has 2 amide bonds. The van der Waals surface area contributed by atoms with Crippen molar-refractivity contribution >= 4 is 27.5 Å². The summed E-state index contributed by atoms with van der Waals surface area (Å²) in [6.07, 6.45) is 5.60. The number of carbonyl (C=O) groups is 2. The SMILES string of the molecule is CC[C@@H](C(=O)NC1CCCC1)N(Cc1cccc(C)c1)C(=O)CN(c1ccc(C(C)(C)C)cc1)S(C)(=O)=O.